The fourth-order valence-electron chi connectivity index (χ4n) is 2.28. The molecule has 130 valence electrons. The first-order valence-corrected chi connectivity index (χ1v) is 7.86. The number of nitrogens with two attached hydrogens (primary N) is 2. The standard InChI is InChI=1S/C20H17N3O3/c21-15-8-10-18(11-9-15)26-20(25)14-6-4-13(5-7-14)19(24)23-17-3-1-2-16(22)12-17/h1-12H,21-22H2,(H,23,24). The second kappa shape index (κ2) is 7.40. The summed E-state index contributed by atoms with van der Waals surface area (Å²) in [5.41, 5.74) is 13.8. The number of amides is 1. The van der Waals surface area contributed by atoms with Gasteiger partial charge in [-0.25, -0.2) is 4.79 Å². The van der Waals surface area contributed by atoms with Crippen LogP contribution >= 0.6 is 0 Å². The van der Waals surface area contributed by atoms with Crippen LogP contribution in [0.5, 0.6) is 5.75 Å². The Bertz CT molecular complexity index is 935. The molecule has 0 aromatic heterocycles. The molecule has 0 spiro atoms. The van der Waals surface area contributed by atoms with Crippen molar-refractivity contribution in [3.63, 3.8) is 0 Å². The predicted molar refractivity (Wildman–Crippen MR) is 101 cm³/mol. The molecule has 6 heteroatoms. The molecule has 5 N–H and O–H groups in total. The molecule has 0 aliphatic rings. The fourth-order valence-corrected chi connectivity index (χ4v) is 2.28. The molecule has 3 aromatic carbocycles. The molecule has 0 unspecified atom stereocenters. The highest BCUT2D eigenvalue weighted by molar-refractivity contribution is 6.05. The van der Waals surface area contributed by atoms with Crippen LogP contribution < -0.4 is 21.5 Å². The zero-order chi connectivity index (χ0) is 18.5. The summed E-state index contributed by atoms with van der Waals surface area (Å²) in [5, 5.41) is 2.75. The molecule has 3 aromatic rings. The van der Waals surface area contributed by atoms with Crippen molar-refractivity contribution in [3.05, 3.63) is 83.9 Å². The molecule has 3 rings (SSSR count). The maximum Gasteiger partial charge on any atom is 0.343 e. The van der Waals surface area contributed by atoms with Gasteiger partial charge in [0.25, 0.3) is 5.91 Å². The minimum Gasteiger partial charge on any atom is -0.423 e. The molecular formula is C20H17N3O3. The number of esters is 1. The van der Waals surface area contributed by atoms with E-state index in [0.717, 1.165) is 0 Å². The van der Waals surface area contributed by atoms with E-state index >= 15 is 0 Å². The lowest BCUT2D eigenvalue weighted by Crippen LogP contribution is -2.13. The SMILES string of the molecule is Nc1ccc(OC(=O)c2ccc(C(=O)Nc3cccc(N)c3)cc2)cc1. The number of anilines is 3. The summed E-state index contributed by atoms with van der Waals surface area (Å²) in [6.45, 7) is 0. The number of nitrogen functional groups attached to an aromatic ring is 2. The van der Waals surface area contributed by atoms with E-state index in [2.05, 4.69) is 5.32 Å². The first kappa shape index (κ1) is 17.0. The van der Waals surface area contributed by atoms with Gasteiger partial charge < -0.3 is 21.5 Å². The molecule has 0 fully saturated rings. The number of ether oxygens (including phenoxy) is 1. The summed E-state index contributed by atoms with van der Waals surface area (Å²) in [6, 6.07) is 19.6. The smallest absolute Gasteiger partial charge is 0.343 e. The number of carbonyl (C=O) groups is 2. The van der Waals surface area contributed by atoms with Gasteiger partial charge in [0.05, 0.1) is 5.56 Å². The van der Waals surface area contributed by atoms with Crippen LogP contribution in [0.1, 0.15) is 20.7 Å². The van der Waals surface area contributed by atoms with Gasteiger partial charge >= 0.3 is 5.97 Å². The minimum absolute atomic E-state index is 0.297. The van der Waals surface area contributed by atoms with E-state index < -0.39 is 5.97 Å². The number of benzene rings is 3. The largest absolute Gasteiger partial charge is 0.423 e. The maximum atomic E-state index is 12.2. The van der Waals surface area contributed by atoms with Gasteiger partial charge in [-0.1, -0.05) is 6.07 Å². The Labute approximate surface area is 150 Å². The molecule has 0 aliphatic carbocycles. The van der Waals surface area contributed by atoms with E-state index in [1.807, 2.05) is 0 Å². The summed E-state index contributed by atoms with van der Waals surface area (Å²) in [6.07, 6.45) is 0. The lowest BCUT2D eigenvalue weighted by atomic mass is 10.1. The summed E-state index contributed by atoms with van der Waals surface area (Å²) in [5.74, 6) is -0.417. The van der Waals surface area contributed by atoms with Crippen molar-refractivity contribution in [2.75, 3.05) is 16.8 Å². The van der Waals surface area contributed by atoms with Gasteiger partial charge in [-0.3, -0.25) is 4.79 Å². The molecular weight excluding hydrogens is 330 g/mol. The third kappa shape index (κ3) is 4.18. The van der Waals surface area contributed by atoms with Gasteiger partial charge in [-0.05, 0) is 66.7 Å². The van der Waals surface area contributed by atoms with Crippen LogP contribution in [0.4, 0.5) is 17.1 Å². The third-order valence-electron chi connectivity index (χ3n) is 3.62. The second-order valence-corrected chi connectivity index (χ2v) is 5.62. The average molecular weight is 347 g/mol. The first-order chi connectivity index (χ1) is 12.5. The fraction of sp³-hybridized carbons (Fsp3) is 0. The van der Waals surface area contributed by atoms with E-state index in [4.69, 9.17) is 16.2 Å². The van der Waals surface area contributed by atoms with Crippen molar-refractivity contribution in [1.29, 1.82) is 0 Å². The molecule has 0 heterocycles. The predicted octanol–water partition coefficient (Wildman–Crippen LogP) is 3.32. The van der Waals surface area contributed by atoms with Gasteiger partial charge in [-0.2, -0.15) is 0 Å². The van der Waals surface area contributed by atoms with Crippen molar-refractivity contribution >= 4 is 28.9 Å². The van der Waals surface area contributed by atoms with Crippen LogP contribution in [0.15, 0.2) is 72.8 Å². The van der Waals surface area contributed by atoms with Crippen molar-refractivity contribution in [2.45, 2.75) is 0 Å². The Morgan fingerprint density at radius 1 is 0.769 bits per heavy atom. The highest BCUT2D eigenvalue weighted by Crippen LogP contribution is 2.16. The van der Waals surface area contributed by atoms with Gasteiger partial charge in [0, 0.05) is 22.6 Å². The Morgan fingerprint density at radius 2 is 1.42 bits per heavy atom. The number of hydrogen-bond donors (Lipinski definition) is 3. The number of nitrogens with one attached hydrogen (secondary N) is 1. The van der Waals surface area contributed by atoms with Crippen LogP contribution in [0.3, 0.4) is 0 Å². The quantitative estimate of drug-likeness (QED) is 0.381. The van der Waals surface area contributed by atoms with Crippen molar-refractivity contribution in [2.24, 2.45) is 0 Å². The summed E-state index contributed by atoms with van der Waals surface area (Å²) >= 11 is 0. The topological polar surface area (TPSA) is 107 Å². The zero-order valence-corrected chi connectivity index (χ0v) is 13.8. The molecule has 26 heavy (non-hydrogen) atoms. The molecule has 0 aliphatic heterocycles. The number of carbonyl (C=O) groups excluding carboxylic acids is 2. The monoisotopic (exact) mass is 347 g/mol. The van der Waals surface area contributed by atoms with Crippen LogP contribution in [-0.2, 0) is 0 Å². The highest BCUT2D eigenvalue weighted by Gasteiger charge is 2.11. The third-order valence-corrected chi connectivity index (χ3v) is 3.62. The Balaban J connectivity index is 1.66. The van der Waals surface area contributed by atoms with Crippen LogP contribution in [0.2, 0.25) is 0 Å². The van der Waals surface area contributed by atoms with E-state index in [0.29, 0.717) is 33.9 Å². The van der Waals surface area contributed by atoms with Crippen LogP contribution in [0.25, 0.3) is 0 Å². The Hall–Kier alpha value is -3.80. The lowest BCUT2D eigenvalue weighted by Gasteiger charge is -2.07. The zero-order valence-electron chi connectivity index (χ0n) is 13.8. The normalized spacial score (nSPS) is 10.2. The maximum absolute atomic E-state index is 12.2. The minimum atomic E-state index is -0.516. The van der Waals surface area contributed by atoms with E-state index in [9.17, 15) is 9.59 Å². The average Bonchev–Trinajstić information content (AvgIpc) is 2.64. The molecule has 0 saturated carbocycles. The highest BCUT2D eigenvalue weighted by atomic mass is 16.5. The van der Waals surface area contributed by atoms with Crippen molar-refractivity contribution in [1.82, 2.24) is 0 Å². The van der Waals surface area contributed by atoms with Gasteiger partial charge in [0.2, 0.25) is 0 Å². The summed E-state index contributed by atoms with van der Waals surface area (Å²) < 4.78 is 5.26. The van der Waals surface area contributed by atoms with Crippen LogP contribution in [0, 0.1) is 0 Å². The second-order valence-electron chi connectivity index (χ2n) is 5.62. The van der Waals surface area contributed by atoms with Crippen molar-refractivity contribution < 1.29 is 14.3 Å². The van der Waals surface area contributed by atoms with Gasteiger partial charge in [0.1, 0.15) is 5.75 Å². The van der Waals surface area contributed by atoms with Crippen molar-refractivity contribution in [3.8, 4) is 5.75 Å². The van der Waals surface area contributed by atoms with Gasteiger partial charge in [0.15, 0.2) is 0 Å². The van der Waals surface area contributed by atoms with Gasteiger partial charge in [-0.15, -0.1) is 0 Å². The molecule has 6 nitrogen and oxygen atoms in total. The van der Waals surface area contributed by atoms with E-state index in [1.165, 1.54) is 12.1 Å². The Kier molecular flexibility index (Phi) is 4.85. The van der Waals surface area contributed by atoms with E-state index in [-0.39, 0.29) is 5.91 Å². The molecule has 0 bridgehead atoms. The number of hydrogen-bond acceptors (Lipinski definition) is 5. The molecule has 0 atom stereocenters. The van der Waals surface area contributed by atoms with E-state index in [1.54, 1.807) is 60.7 Å². The Morgan fingerprint density at radius 3 is 2.08 bits per heavy atom. The first-order valence-electron chi connectivity index (χ1n) is 7.86. The lowest BCUT2D eigenvalue weighted by molar-refractivity contribution is 0.0734. The molecule has 0 saturated heterocycles. The summed E-state index contributed by atoms with van der Waals surface area (Å²) in [7, 11) is 0. The number of rotatable bonds is 4. The summed E-state index contributed by atoms with van der Waals surface area (Å²) in [4.78, 5) is 24.4. The molecule has 0 radical (unpaired) electrons. The van der Waals surface area contributed by atoms with Crippen LogP contribution in [-0.4, -0.2) is 11.9 Å². The molecule has 1 amide bonds.